The topological polar surface area (TPSA) is 40.5 Å². The molecule has 0 spiro atoms. The van der Waals surface area contributed by atoms with Crippen LogP contribution in [0.2, 0.25) is 0 Å². The fourth-order valence-corrected chi connectivity index (χ4v) is 2.67. The van der Waals surface area contributed by atoms with Crippen LogP contribution in [0.15, 0.2) is 0 Å². The number of rotatable bonds is 5. The van der Waals surface area contributed by atoms with E-state index >= 15 is 0 Å². The number of alkyl halides is 3. The first-order chi connectivity index (χ1) is 8.88. The van der Waals surface area contributed by atoms with Crippen molar-refractivity contribution >= 4 is 5.91 Å². The molecule has 6 heteroatoms. The summed E-state index contributed by atoms with van der Waals surface area (Å²) in [5.74, 6) is -2.82. The Kier molecular flexibility index (Phi) is 6.10. The molecule has 0 heterocycles. The average molecular weight is 281 g/mol. The quantitative estimate of drug-likeness (QED) is 0.787. The highest BCUT2D eigenvalue weighted by molar-refractivity contribution is 5.79. The Hall–Kier alpha value is -0.780. The molecule has 1 aliphatic rings. The van der Waals surface area contributed by atoms with Crippen molar-refractivity contribution in [3.8, 4) is 0 Å². The van der Waals surface area contributed by atoms with Gasteiger partial charge in [0.05, 0.1) is 5.92 Å². The van der Waals surface area contributed by atoms with Crippen LogP contribution in [0.5, 0.6) is 0 Å². The van der Waals surface area contributed by atoms with Crippen molar-refractivity contribution in [2.24, 2.45) is 11.8 Å². The van der Waals surface area contributed by atoms with Crippen LogP contribution < -0.4 is 0 Å². The summed E-state index contributed by atoms with van der Waals surface area (Å²) < 4.78 is 38.8. The lowest BCUT2D eigenvalue weighted by Crippen LogP contribution is -2.43. The van der Waals surface area contributed by atoms with Crippen LogP contribution in [-0.4, -0.2) is 42.3 Å². The van der Waals surface area contributed by atoms with E-state index in [1.807, 2.05) is 0 Å². The molecule has 1 fully saturated rings. The summed E-state index contributed by atoms with van der Waals surface area (Å²) in [6.45, 7) is 0.442. The summed E-state index contributed by atoms with van der Waals surface area (Å²) in [6.07, 6.45) is -1.49. The summed E-state index contributed by atoms with van der Waals surface area (Å²) in [6, 6.07) is 0. The van der Waals surface area contributed by atoms with Gasteiger partial charge in [-0.25, -0.2) is 0 Å². The molecule has 1 rings (SSSR count). The Balaban J connectivity index is 2.61. The molecule has 19 heavy (non-hydrogen) atoms. The summed E-state index contributed by atoms with van der Waals surface area (Å²) in [5, 5.41) is 8.66. The van der Waals surface area contributed by atoms with E-state index in [1.54, 1.807) is 7.05 Å². The van der Waals surface area contributed by atoms with Gasteiger partial charge >= 0.3 is 6.18 Å². The van der Waals surface area contributed by atoms with Gasteiger partial charge in [0.1, 0.15) is 0 Å². The lowest BCUT2D eigenvalue weighted by atomic mass is 9.78. The van der Waals surface area contributed by atoms with Gasteiger partial charge in [-0.15, -0.1) is 0 Å². The Morgan fingerprint density at radius 2 is 1.89 bits per heavy atom. The van der Waals surface area contributed by atoms with Crippen LogP contribution in [0.4, 0.5) is 13.2 Å². The fraction of sp³-hybridized carbons (Fsp3) is 0.923. The summed E-state index contributed by atoms with van der Waals surface area (Å²) in [7, 11) is 1.54. The van der Waals surface area contributed by atoms with Crippen molar-refractivity contribution in [2.75, 3.05) is 20.2 Å². The molecular formula is C13H22F3NO2. The second-order valence-corrected chi connectivity index (χ2v) is 5.23. The van der Waals surface area contributed by atoms with Crippen molar-refractivity contribution < 1.29 is 23.1 Å². The van der Waals surface area contributed by atoms with E-state index in [0.29, 0.717) is 38.6 Å². The zero-order chi connectivity index (χ0) is 14.5. The third kappa shape index (κ3) is 4.67. The zero-order valence-corrected chi connectivity index (χ0v) is 11.2. The first-order valence-electron chi connectivity index (χ1n) is 6.80. The van der Waals surface area contributed by atoms with E-state index in [2.05, 4.69) is 0 Å². The number of aliphatic hydroxyl groups excluding tert-OH is 1. The lowest BCUT2D eigenvalue weighted by molar-refractivity contribution is -0.200. The number of aliphatic hydroxyl groups is 1. The van der Waals surface area contributed by atoms with E-state index in [0.717, 1.165) is 0 Å². The van der Waals surface area contributed by atoms with Crippen LogP contribution in [0.25, 0.3) is 0 Å². The monoisotopic (exact) mass is 281 g/mol. The second kappa shape index (κ2) is 7.12. The van der Waals surface area contributed by atoms with Gasteiger partial charge in [0, 0.05) is 26.1 Å². The van der Waals surface area contributed by atoms with E-state index in [9.17, 15) is 18.0 Å². The van der Waals surface area contributed by atoms with E-state index in [4.69, 9.17) is 5.11 Å². The molecule has 3 nitrogen and oxygen atoms in total. The molecule has 2 atom stereocenters. The molecule has 0 aromatic rings. The van der Waals surface area contributed by atoms with Crippen LogP contribution in [-0.2, 0) is 4.79 Å². The third-order valence-corrected chi connectivity index (χ3v) is 3.78. The molecule has 0 saturated heterocycles. The van der Waals surface area contributed by atoms with Gasteiger partial charge in [-0.3, -0.25) is 4.79 Å². The molecule has 0 bridgehead atoms. The van der Waals surface area contributed by atoms with Crippen LogP contribution in [0.3, 0.4) is 0 Å². The van der Waals surface area contributed by atoms with Crippen LogP contribution in [0.1, 0.15) is 38.5 Å². The molecule has 112 valence electrons. The molecular weight excluding hydrogens is 259 g/mol. The first kappa shape index (κ1) is 16.3. The number of carbonyl (C=O) groups is 1. The highest BCUT2D eigenvalue weighted by Gasteiger charge is 2.48. The maximum atomic E-state index is 12.9. The highest BCUT2D eigenvalue weighted by atomic mass is 19.4. The standard InChI is InChI=1S/C13H22F3NO2/c1-17(8-4-5-9-18)12(19)10-6-2-3-7-11(10)13(14,15)16/h10-11,18H,2-9H2,1H3/t10-,11-/m1/s1. The molecule has 0 aromatic heterocycles. The normalized spacial score (nSPS) is 24.3. The van der Waals surface area contributed by atoms with Crippen molar-refractivity contribution in [1.82, 2.24) is 4.90 Å². The number of hydrogen-bond acceptors (Lipinski definition) is 2. The number of amides is 1. The minimum Gasteiger partial charge on any atom is -0.396 e. The molecule has 0 radical (unpaired) electrons. The van der Waals surface area contributed by atoms with Gasteiger partial charge in [0.15, 0.2) is 0 Å². The summed E-state index contributed by atoms with van der Waals surface area (Å²) in [5.41, 5.74) is 0. The van der Waals surface area contributed by atoms with E-state index in [1.165, 1.54) is 4.90 Å². The van der Waals surface area contributed by atoms with Gasteiger partial charge in [-0.1, -0.05) is 12.8 Å². The zero-order valence-electron chi connectivity index (χ0n) is 11.2. The highest BCUT2D eigenvalue weighted by Crippen LogP contribution is 2.42. The van der Waals surface area contributed by atoms with Gasteiger partial charge in [-0.2, -0.15) is 13.2 Å². The number of carbonyl (C=O) groups excluding carboxylic acids is 1. The lowest BCUT2D eigenvalue weighted by Gasteiger charge is -2.34. The maximum Gasteiger partial charge on any atom is 0.392 e. The second-order valence-electron chi connectivity index (χ2n) is 5.23. The van der Waals surface area contributed by atoms with E-state index < -0.39 is 23.9 Å². The van der Waals surface area contributed by atoms with Crippen LogP contribution >= 0.6 is 0 Å². The molecule has 1 saturated carbocycles. The van der Waals surface area contributed by atoms with Crippen molar-refractivity contribution in [2.45, 2.75) is 44.7 Å². The number of hydrogen-bond donors (Lipinski definition) is 1. The Morgan fingerprint density at radius 3 is 2.47 bits per heavy atom. The van der Waals surface area contributed by atoms with Gasteiger partial charge in [0.2, 0.25) is 5.91 Å². The molecule has 1 amide bonds. The largest absolute Gasteiger partial charge is 0.396 e. The van der Waals surface area contributed by atoms with Gasteiger partial charge in [0.25, 0.3) is 0 Å². The Labute approximate surface area is 111 Å². The third-order valence-electron chi connectivity index (χ3n) is 3.78. The maximum absolute atomic E-state index is 12.9. The van der Waals surface area contributed by atoms with Gasteiger partial charge < -0.3 is 10.0 Å². The minimum absolute atomic E-state index is 0.0383. The van der Waals surface area contributed by atoms with Crippen molar-refractivity contribution in [3.05, 3.63) is 0 Å². The molecule has 0 unspecified atom stereocenters. The smallest absolute Gasteiger partial charge is 0.392 e. The predicted molar refractivity (Wildman–Crippen MR) is 65.5 cm³/mol. The first-order valence-corrected chi connectivity index (χ1v) is 6.80. The Bertz CT molecular complexity index is 294. The van der Waals surface area contributed by atoms with Gasteiger partial charge in [-0.05, 0) is 25.7 Å². The fourth-order valence-electron chi connectivity index (χ4n) is 2.67. The molecule has 0 aromatic carbocycles. The Morgan fingerprint density at radius 1 is 1.26 bits per heavy atom. The SMILES string of the molecule is CN(CCCCO)C(=O)[C@@H]1CCCC[C@H]1C(F)(F)F. The van der Waals surface area contributed by atoms with Crippen molar-refractivity contribution in [1.29, 1.82) is 0 Å². The van der Waals surface area contributed by atoms with Crippen molar-refractivity contribution in [3.63, 3.8) is 0 Å². The number of halogens is 3. The summed E-state index contributed by atoms with van der Waals surface area (Å²) in [4.78, 5) is 13.5. The summed E-state index contributed by atoms with van der Waals surface area (Å²) >= 11 is 0. The number of nitrogens with zero attached hydrogens (tertiary/aromatic N) is 1. The molecule has 1 N–H and O–H groups in total. The predicted octanol–water partition coefficient (Wildman–Crippen LogP) is 2.59. The molecule has 1 aliphatic carbocycles. The molecule has 0 aliphatic heterocycles. The van der Waals surface area contributed by atoms with E-state index in [-0.39, 0.29) is 13.0 Å². The minimum atomic E-state index is -4.29. The average Bonchev–Trinajstić information content (AvgIpc) is 2.37. The van der Waals surface area contributed by atoms with Crippen LogP contribution in [0, 0.1) is 11.8 Å². The number of unbranched alkanes of at least 4 members (excludes halogenated alkanes) is 1.